The molecule has 0 bridgehead atoms. The van der Waals surface area contributed by atoms with Crippen LogP contribution >= 0.6 is 23.2 Å². The number of carbonyl (C=O) groups excluding carboxylic acids is 1. The minimum absolute atomic E-state index is 0.00715. The van der Waals surface area contributed by atoms with Gasteiger partial charge in [0.1, 0.15) is 0 Å². The van der Waals surface area contributed by atoms with Crippen molar-refractivity contribution in [1.82, 2.24) is 9.62 Å². The fourth-order valence-electron chi connectivity index (χ4n) is 2.23. The van der Waals surface area contributed by atoms with Crippen LogP contribution in [-0.4, -0.2) is 52.1 Å². The van der Waals surface area contributed by atoms with E-state index in [-0.39, 0.29) is 21.7 Å². The molecule has 2 rings (SSSR count). The summed E-state index contributed by atoms with van der Waals surface area (Å²) in [5, 5.41) is 0.421. The summed E-state index contributed by atoms with van der Waals surface area (Å²) in [6, 6.07) is 4.18. The van der Waals surface area contributed by atoms with Crippen molar-refractivity contribution in [3.63, 3.8) is 0 Å². The van der Waals surface area contributed by atoms with Gasteiger partial charge in [-0.2, -0.15) is 8.42 Å². The van der Waals surface area contributed by atoms with Crippen LogP contribution in [0.4, 0.5) is 5.69 Å². The van der Waals surface area contributed by atoms with Crippen molar-refractivity contribution in [2.75, 3.05) is 25.5 Å². The molecule has 1 aromatic carbocycles. The van der Waals surface area contributed by atoms with Crippen LogP contribution < -0.4 is 9.03 Å². The lowest BCUT2D eigenvalue weighted by molar-refractivity contribution is -0.145. The van der Waals surface area contributed by atoms with Crippen molar-refractivity contribution in [3.05, 3.63) is 28.2 Å². The summed E-state index contributed by atoms with van der Waals surface area (Å²) in [6.07, 6.45) is 0. The maximum atomic E-state index is 12.8. The fraction of sp³-hybridized carbons (Fsp3) is 0.385. The van der Waals surface area contributed by atoms with Gasteiger partial charge < -0.3 is 9.64 Å². The lowest BCUT2D eigenvalue weighted by Crippen LogP contribution is -2.64. The van der Waals surface area contributed by atoms with E-state index in [9.17, 15) is 13.2 Å². The van der Waals surface area contributed by atoms with Crippen LogP contribution in [0.1, 0.15) is 6.92 Å². The molecule has 0 aliphatic carbocycles. The van der Waals surface area contributed by atoms with E-state index in [1.807, 2.05) is 0 Å². The zero-order valence-corrected chi connectivity index (χ0v) is 15.7. The van der Waals surface area contributed by atoms with Crippen LogP contribution in [0.5, 0.6) is 0 Å². The van der Waals surface area contributed by atoms with Crippen molar-refractivity contribution in [2.24, 2.45) is 4.99 Å². The van der Waals surface area contributed by atoms with E-state index in [4.69, 9.17) is 27.9 Å². The molecule has 0 unspecified atom stereocenters. The lowest BCUT2D eigenvalue weighted by Gasteiger charge is -2.41. The number of carbonyl (C=O) groups is 1. The van der Waals surface area contributed by atoms with E-state index >= 15 is 0 Å². The number of ether oxygens (including phenoxy) is 1. The maximum absolute atomic E-state index is 12.8. The highest BCUT2D eigenvalue weighted by molar-refractivity contribution is 7.91. The highest BCUT2D eigenvalue weighted by atomic mass is 35.5. The van der Waals surface area contributed by atoms with Gasteiger partial charge in [-0.3, -0.25) is 0 Å². The second-order valence-electron chi connectivity index (χ2n) is 5.34. The van der Waals surface area contributed by atoms with Gasteiger partial charge in [-0.1, -0.05) is 23.2 Å². The van der Waals surface area contributed by atoms with Crippen molar-refractivity contribution < 1.29 is 17.9 Å². The number of hydrogen-bond acceptors (Lipinski definition) is 6. The molecule has 8 nitrogen and oxygen atoms in total. The molecule has 1 aliphatic rings. The molecular weight excluding hydrogens is 379 g/mol. The molecule has 1 heterocycles. The molecule has 0 aromatic heterocycles. The number of guanidine groups is 1. The van der Waals surface area contributed by atoms with Gasteiger partial charge in [0.25, 0.3) is 0 Å². The number of rotatable bonds is 2. The molecule has 0 radical (unpaired) electrons. The summed E-state index contributed by atoms with van der Waals surface area (Å²) >= 11 is 11.9. The average Bonchev–Trinajstić information content (AvgIpc) is 2.43. The molecule has 1 aliphatic heterocycles. The summed E-state index contributed by atoms with van der Waals surface area (Å²) in [4.78, 5) is 18.0. The largest absolute Gasteiger partial charge is 0.466 e. The molecule has 0 spiro atoms. The first-order chi connectivity index (χ1) is 11.0. The Bertz CT molecular complexity index is 792. The van der Waals surface area contributed by atoms with Crippen molar-refractivity contribution in [1.29, 1.82) is 0 Å². The highest BCUT2D eigenvalue weighted by Crippen LogP contribution is 2.35. The van der Waals surface area contributed by atoms with Crippen LogP contribution in [0.3, 0.4) is 0 Å². The monoisotopic (exact) mass is 394 g/mol. The molecule has 0 amide bonds. The van der Waals surface area contributed by atoms with E-state index in [2.05, 4.69) is 9.71 Å². The summed E-state index contributed by atoms with van der Waals surface area (Å²) in [5.74, 6) is -0.865. The second kappa shape index (κ2) is 6.30. The Balaban J connectivity index is 2.76. The van der Waals surface area contributed by atoms with E-state index in [1.54, 1.807) is 14.1 Å². The van der Waals surface area contributed by atoms with Gasteiger partial charge in [0, 0.05) is 24.1 Å². The predicted octanol–water partition coefficient (Wildman–Crippen LogP) is 1.45. The molecular formula is C13H16Cl2N4O4S. The third-order valence-corrected chi connectivity index (χ3v) is 5.18. The zero-order valence-electron chi connectivity index (χ0n) is 13.4. The number of halogens is 2. The number of aliphatic imine (C=N–C) groups is 1. The van der Waals surface area contributed by atoms with Gasteiger partial charge >= 0.3 is 16.2 Å². The van der Waals surface area contributed by atoms with Crippen LogP contribution in [0.25, 0.3) is 0 Å². The normalized spacial score (nSPS) is 22.4. The molecule has 1 atom stereocenters. The van der Waals surface area contributed by atoms with Crippen molar-refractivity contribution >= 4 is 51.0 Å². The number of esters is 1. The number of hydrogen-bond donors (Lipinski definition) is 1. The summed E-state index contributed by atoms with van der Waals surface area (Å²) in [6.45, 7) is 1.33. The Morgan fingerprint density at radius 3 is 2.29 bits per heavy atom. The molecule has 0 saturated carbocycles. The molecule has 132 valence electrons. The van der Waals surface area contributed by atoms with Gasteiger partial charge in [0.2, 0.25) is 11.6 Å². The topological polar surface area (TPSA) is 91.3 Å². The molecule has 24 heavy (non-hydrogen) atoms. The number of methoxy groups -OCH3 is 1. The Morgan fingerprint density at radius 1 is 1.29 bits per heavy atom. The van der Waals surface area contributed by atoms with E-state index in [0.29, 0.717) is 0 Å². The number of nitrogens with one attached hydrogen (secondary N) is 1. The van der Waals surface area contributed by atoms with E-state index in [1.165, 1.54) is 30.0 Å². The van der Waals surface area contributed by atoms with Gasteiger partial charge in [0.15, 0.2) is 0 Å². The third-order valence-electron chi connectivity index (χ3n) is 3.26. The maximum Gasteiger partial charge on any atom is 0.355 e. The first-order valence-electron chi connectivity index (χ1n) is 6.66. The quantitative estimate of drug-likeness (QED) is 0.766. The summed E-state index contributed by atoms with van der Waals surface area (Å²) in [5.41, 5.74) is -1.79. The van der Waals surface area contributed by atoms with Gasteiger partial charge in [-0.15, -0.1) is 0 Å². The van der Waals surface area contributed by atoms with Crippen LogP contribution in [-0.2, 0) is 19.7 Å². The SMILES string of the molecule is COC(=O)[C@]1(C)N=C(N(C)C)NS(=O)(=O)N1c1cc(Cl)cc(Cl)c1. The van der Waals surface area contributed by atoms with Gasteiger partial charge in [-0.05, 0) is 25.1 Å². The van der Waals surface area contributed by atoms with Gasteiger partial charge in [0.05, 0.1) is 12.8 Å². The highest BCUT2D eigenvalue weighted by Gasteiger charge is 2.51. The minimum Gasteiger partial charge on any atom is -0.466 e. The smallest absolute Gasteiger partial charge is 0.355 e. The van der Waals surface area contributed by atoms with Crippen molar-refractivity contribution in [2.45, 2.75) is 12.6 Å². The Morgan fingerprint density at radius 2 is 1.83 bits per heavy atom. The lowest BCUT2D eigenvalue weighted by atomic mass is 10.2. The molecule has 0 saturated heterocycles. The Hall–Kier alpha value is -1.71. The number of benzene rings is 1. The van der Waals surface area contributed by atoms with Crippen LogP contribution in [0, 0.1) is 0 Å². The first kappa shape index (κ1) is 18.6. The third kappa shape index (κ3) is 3.24. The summed E-state index contributed by atoms with van der Waals surface area (Å²) in [7, 11) is 0.151. The second-order valence-corrected chi connectivity index (χ2v) is 7.73. The molecule has 1 N–H and O–H groups in total. The molecule has 11 heteroatoms. The van der Waals surface area contributed by atoms with Crippen molar-refractivity contribution in [3.8, 4) is 0 Å². The van der Waals surface area contributed by atoms with Crippen LogP contribution in [0.15, 0.2) is 23.2 Å². The van der Waals surface area contributed by atoms with Crippen LogP contribution in [0.2, 0.25) is 10.0 Å². The Labute approximate surface area is 150 Å². The van der Waals surface area contributed by atoms with E-state index < -0.39 is 21.8 Å². The van der Waals surface area contributed by atoms with E-state index in [0.717, 1.165) is 11.4 Å². The fourth-order valence-corrected chi connectivity index (χ4v) is 4.26. The number of nitrogens with zero attached hydrogens (tertiary/aromatic N) is 3. The number of anilines is 1. The summed E-state index contributed by atoms with van der Waals surface area (Å²) < 4.78 is 33.4. The predicted molar refractivity (Wildman–Crippen MR) is 92.5 cm³/mol. The zero-order chi connectivity index (χ0) is 18.3. The first-order valence-corrected chi connectivity index (χ1v) is 8.85. The molecule has 1 aromatic rings. The average molecular weight is 395 g/mol. The molecule has 0 fully saturated rings. The standard InChI is InChI=1S/C13H16Cl2N4O4S/c1-13(11(20)23-4)16-12(18(2)3)17-24(21,22)19(13)10-6-8(14)5-9(15)7-10/h5-7H,1-4H3,(H,16,17)/t13-/m1/s1. The Kier molecular flexibility index (Phi) is 4.89. The minimum atomic E-state index is -4.17. The van der Waals surface area contributed by atoms with Gasteiger partial charge in [-0.25, -0.2) is 18.8 Å².